The Kier molecular flexibility index (Phi) is 6.02. The lowest BCUT2D eigenvalue weighted by Crippen LogP contribution is -2.37. The fraction of sp³-hybridized carbons (Fsp3) is 0.412. The minimum Gasteiger partial charge on any atom is -0.496 e. The van der Waals surface area contributed by atoms with Gasteiger partial charge in [-0.05, 0) is 37.1 Å². The number of benzene rings is 1. The third kappa shape index (κ3) is 4.74. The Bertz CT molecular complexity index is 663. The molecule has 0 spiro atoms. The number of ether oxygens (including phenoxy) is 1. The van der Waals surface area contributed by atoms with E-state index in [2.05, 4.69) is 39.8 Å². The van der Waals surface area contributed by atoms with Gasteiger partial charge >= 0.3 is 0 Å². The molecule has 6 heteroatoms. The maximum absolute atomic E-state index is 5.36. The number of hydrogen-bond donors (Lipinski definition) is 2. The molecule has 0 unspecified atom stereocenters. The topological polar surface area (TPSA) is 63.5 Å². The van der Waals surface area contributed by atoms with E-state index in [1.54, 1.807) is 13.3 Å². The molecule has 2 N–H and O–H groups in total. The summed E-state index contributed by atoms with van der Waals surface area (Å²) in [5.74, 6) is 1.68. The summed E-state index contributed by atoms with van der Waals surface area (Å²) in [6, 6.07) is 8.15. The average Bonchev–Trinajstić information content (AvgIpc) is 2.96. The van der Waals surface area contributed by atoms with Gasteiger partial charge in [0.2, 0.25) is 0 Å². The number of rotatable bonds is 6. The second-order valence-electron chi connectivity index (χ2n) is 5.30. The predicted octanol–water partition coefficient (Wildman–Crippen LogP) is 1.99. The zero-order chi connectivity index (χ0) is 16.7. The Morgan fingerprint density at radius 1 is 1.30 bits per heavy atom. The van der Waals surface area contributed by atoms with Crippen LogP contribution in [0.2, 0.25) is 0 Å². The lowest BCUT2D eigenvalue weighted by molar-refractivity contribution is 0.411. The van der Waals surface area contributed by atoms with Crippen molar-refractivity contribution in [1.29, 1.82) is 0 Å². The molecule has 0 amide bonds. The molecule has 0 bridgehead atoms. The number of methoxy groups -OCH3 is 1. The largest absolute Gasteiger partial charge is 0.496 e. The van der Waals surface area contributed by atoms with Crippen molar-refractivity contribution in [3.63, 3.8) is 0 Å². The van der Waals surface area contributed by atoms with Crippen molar-refractivity contribution in [2.24, 2.45) is 12.0 Å². The first kappa shape index (κ1) is 16.9. The lowest BCUT2D eigenvalue weighted by Gasteiger charge is -2.12. The summed E-state index contributed by atoms with van der Waals surface area (Å²) in [7, 11) is 3.62. The molecule has 0 aliphatic heterocycles. The Labute approximate surface area is 137 Å². The molecule has 0 aliphatic carbocycles. The van der Waals surface area contributed by atoms with Crippen molar-refractivity contribution >= 4 is 5.96 Å². The molecule has 2 rings (SSSR count). The third-order valence-electron chi connectivity index (χ3n) is 3.60. The van der Waals surface area contributed by atoms with Gasteiger partial charge in [-0.3, -0.25) is 4.68 Å². The van der Waals surface area contributed by atoms with Crippen LogP contribution in [0.1, 0.15) is 23.7 Å². The highest BCUT2D eigenvalue weighted by atomic mass is 16.5. The van der Waals surface area contributed by atoms with Gasteiger partial charge in [0.25, 0.3) is 0 Å². The second kappa shape index (κ2) is 8.22. The SMILES string of the molecule is CCNC(=NCc1ccc(C)c(OC)c1)NCc1ccnn1C. The van der Waals surface area contributed by atoms with Gasteiger partial charge in [0.1, 0.15) is 5.75 Å². The monoisotopic (exact) mass is 315 g/mol. The molecule has 0 aliphatic rings. The van der Waals surface area contributed by atoms with E-state index in [4.69, 9.17) is 4.74 Å². The first-order valence-electron chi connectivity index (χ1n) is 7.76. The summed E-state index contributed by atoms with van der Waals surface area (Å²) in [6.45, 7) is 6.17. The van der Waals surface area contributed by atoms with Gasteiger partial charge in [-0.25, -0.2) is 4.99 Å². The number of nitrogens with zero attached hydrogens (tertiary/aromatic N) is 3. The molecular formula is C17H25N5O. The quantitative estimate of drug-likeness (QED) is 0.632. The molecule has 2 aromatic rings. The molecule has 23 heavy (non-hydrogen) atoms. The zero-order valence-corrected chi connectivity index (χ0v) is 14.3. The highest BCUT2D eigenvalue weighted by Gasteiger charge is 2.03. The maximum Gasteiger partial charge on any atom is 0.191 e. The molecule has 1 heterocycles. The fourth-order valence-corrected chi connectivity index (χ4v) is 2.22. The lowest BCUT2D eigenvalue weighted by atomic mass is 10.1. The molecule has 1 aromatic carbocycles. The van der Waals surface area contributed by atoms with E-state index in [-0.39, 0.29) is 0 Å². The summed E-state index contributed by atoms with van der Waals surface area (Å²) in [5, 5.41) is 10.7. The van der Waals surface area contributed by atoms with E-state index in [1.807, 2.05) is 30.8 Å². The fourth-order valence-electron chi connectivity index (χ4n) is 2.22. The van der Waals surface area contributed by atoms with Gasteiger partial charge in [0.15, 0.2) is 5.96 Å². The third-order valence-corrected chi connectivity index (χ3v) is 3.60. The van der Waals surface area contributed by atoms with Gasteiger partial charge < -0.3 is 15.4 Å². The van der Waals surface area contributed by atoms with E-state index >= 15 is 0 Å². The normalized spacial score (nSPS) is 11.4. The van der Waals surface area contributed by atoms with Gasteiger partial charge in [-0.15, -0.1) is 0 Å². The molecule has 0 fully saturated rings. The van der Waals surface area contributed by atoms with Gasteiger partial charge in [-0.2, -0.15) is 5.10 Å². The van der Waals surface area contributed by atoms with E-state index in [1.165, 1.54) is 0 Å². The van der Waals surface area contributed by atoms with Crippen LogP contribution in [0.5, 0.6) is 5.75 Å². The van der Waals surface area contributed by atoms with Gasteiger partial charge in [0, 0.05) is 19.8 Å². The highest BCUT2D eigenvalue weighted by molar-refractivity contribution is 5.79. The number of aryl methyl sites for hydroxylation is 2. The number of aliphatic imine (C=N–C) groups is 1. The van der Waals surface area contributed by atoms with Crippen LogP contribution in [-0.2, 0) is 20.1 Å². The first-order valence-corrected chi connectivity index (χ1v) is 7.76. The van der Waals surface area contributed by atoms with E-state index in [0.717, 1.165) is 35.1 Å². The van der Waals surface area contributed by atoms with Gasteiger partial charge in [-0.1, -0.05) is 12.1 Å². The molecule has 1 aromatic heterocycles. The van der Waals surface area contributed by atoms with Crippen molar-refractivity contribution in [2.75, 3.05) is 13.7 Å². The first-order chi connectivity index (χ1) is 11.1. The van der Waals surface area contributed by atoms with Crippen LogP contribution in [0.4, 0.5) is 0 Å². The highest BCUT2D eigenvalue weighted by Crippen LogP contribution is 2.19. The molecule has 0 radical (unpaired) electrons. The van der Waals surface area contributed by atoms with Crippen LogP contribution in [0.25, 0.3) is 0 Å². The average molecular weight is 315 g/mol. The van der Waals surface area contributed by atoms with Crippen molar-refractivity contribution in [3.05, 3.63) is 47.3 Å². The summed E-state index contributed by atoms with van der Waals surface area (Å²) in [5.41, 5.74) is 3.35. The Balaban J connectivity index is 2.02. The number of guanidine groups is 1. The summed E-state index contributed by atoms with van der Waals surface area (Å²) in [4.78, 5) is 4.63. The van der Waals surface area contributed by atoms with Crippen molar-refractivity contribution in [2.45, 2.75) is 26.9 Å². The van der Waals surface area contributed by atoms with E-state index in [0.29, 0.717) is 13.1 Å². The Hall–Kier alpha value is -2.50. The number of nitrogens with one attached hydrogen (secondary N) is 2. The van der Waals surface area contributed by atoms with Crippen molar-refractivity contribution in [3.8, 4) is 5.75 Å². The number of hydrogen-bond acceptors (Lipinski definition) is 3. The van der Waals surface area contributed by atoms with Crippen LogP contribution in [0.3, 0.4) is 0 Å². The predicted molar refractivity (Wildman–Crippen MR) is 92.6 cm³/mol. The zero-order valence-electron chi connectivity index (χ0n) is 14.3. The second-order valence-corrected chi connectivity index (χ2v) is 5.30. The Morgan fingerprint density at radius 2 is 2.13 bits per heavy atom. The maximum atomic E-state index is 5.36. The molecule has 0 saturated heterocycles. The van der Waals surface area contributed by atoms with Crippen LogP contribution in [-0.4, -0.2) is 29.4 Å². The standard InChI is InChI=1S/C17H25N5O/c1-5-18-17(20-12-15-8-9-21-22(15)3)19-11-14-7-6-13(2)16(10-14)23-4/h6-10H,5,11-12H2,1-4H3,(H2,18,19,20). The molecule has 0 atom stereocenters. The minimum absolute atomic E-state index is 0.595. The van der Waals surface area contributed by atoms with Crippen LogP contribution < -0.4 is 15.4 Å². The smallest absolute Gasteiger partial charge is 0.191 e. The van der Waals surface area contributed by atoms with Gasteiger partial charge in [0.05, 0.1) is 25.9 Å². The van der Waals surface area contributed by atoms with Crippen LogP contribution in [0, 0.1) is 6.92 Å². The molecule has 6 nitrogen and oxygen atoms in total. The summed E-state index contributed by atoms with van der Waals surface area (Å²) in [6.07, 6.45) is 1.79. The van der Waals surface area contributed by atoms with Crippen LogP contribution >= 0.6 is 0 Å². The number of aromatic nitrogens is 2. The molecular weight excluding hydrogens is 290 g/mol. The summed E-state index contributed by atoms with van der Waals surface area (Å²) < 4.78 is 7.21. The van der Waals surface area contributed by atoms with Crippen molar-refractivity contribution < 1.29 is 4.74 Å². The molecule has 124 valence electrons. The van der Waals surface area contributed by atoms with Crippen LogP contribution in [0.15, 0.2) is 35.5 Å². The summed E-state index contributed by atoms with van der Waals surface area (Å²) >= 11 is 0. The van der Waals surface area contributed by atoms with Crippen molar-refractivity contribution in [1.82, 2.24) is 20.4 Å². The molecule has 0 saturated carbocycles. The Morgan fingerprint density at radius 3 is 2.78 bits per heavy atom. The van der Waals surface area contributed by atoms with E-state index in [9.17, 15) is 0 Å². The minimum atomic E-state index is 0.595. The van der Waals surface area contributed by atoms with E-state index < -0.39 is 0 Å².